The molecule has 1 aliphatic rings. The Labute approximate surface area is 180 Å². The highest BCUT2D eigenvalue weighted by Gasteiger charge is 2.26. The van der Waals surface area contributed by atoms with Crippen molar-refractivity contribution in [2.24, 2.45) is 5.92 Å². The molecule has 31 heavy (non-hydrogen) atoms. The standard InChI is InChI=1S/C23H23N7O/c1-16-24-10-13-30(16)21-14-20(26-15-27-21)29-11-7-18(8-12-29)23(31)28-19-6-2-4-17-5-3-9-25-22(17)19/h2-6,9-10,13-15,18H,7-8,11-12H2,1H3,(H,28,31). The van der Waals surface area contributed by atoms with Gasteiger partial charge in [0.25, 0.3) is 0 Å². The average Bonchev–Trinajstić information content (AvgIpc) is 3.25. The number of imidazole rings is 1. The van der Waals surface area contributed by atoms with Crippen molar-refractivity contribution in [3.05, 3.63) is 67.1 Å². The summed E-state index contributed by atoms with van der Waals surface area (Å²) >= 11 is 0. The quantitative estimate of drug-likeness (QED) is 0.552. The number of nitrogens with one attached hydrogen (secondary N) is 1. The van der Waals surface area contributed by atoms with Gasteiger partial charge >= 0.3 is 0 Å². The van der Waals surface area contributed by atoms with Gasteiger partial charge < -0.3 is 10.2 Å². The first-order valence-electron chi connectivity index (χ1n) is 10.4. The first kappa shape index (κ1) is 19.2. The van der Waals surface area contributed by atoms with E-state index in [9.17, 15) is 4.79 Å². The second-order valence-corrected chi connectivity index (χ2v) is 7.71. The Morgan fingerprint density at radius 3 is 2.61 bits per heavy atom. The first-order chi connectivity index (χ1) is 15.2. The summed E-state index contributed by atoms with van der Waals surface area (Å²) in [7, 11) is 0. The van der Waals surface area contributed by atoms with Gasteiger partial charge in [-0.2, -0.15) is 0 Å². The van der Waals surface area contributed by atoms with Crippen molar-refractivity contribution >= 4 is 28.3 Å². The van der Waals surface area contributed by atoms with Gasteiger partial charge in [-0.15, -0.1) is 0 Å². The summed E-state index contributed by atoms with van der Waals surface area (Å²) in [5.41, 5.74) is 1.58. The third kappa shape index (κ3) is 3.84. The van der Waals surface area contributed by atoms with E-state index < -0.39 is 0 Å². The van der Waals surface area contributed by atoms with Gasteiger partial charge in [0.2, 0.25) is 5.91 Å². The molecule has 1 fully saturated rings. The smallest absolute Gasteiger partial charge is 0.227 e. The molecule has 8 nitrogen and oxygen atoms in total. The summed E-state index contributed by atoms with van der Waals surface area (Å²) in [5.74, 6) is 2.56. The number of benzene rings is 1. The number of pyridine rings is 1. The van der Waals surface area contributed by atoms with Crippen LogP contribution in [0.5, 0.6) is 0 Å². The van der Waals surface area contributed by atoms with Gasteiger partial charge in [0, 0.05) is 49.1 Å². The van der Waals surface area contributed by atoms with Crippen molar-refractivity contribution in [1.29, 1.82) is 0 Å². The molecule has 3 aromatic heterocycles. The van der Waals surface area contributed by atoms with Gasteiger partial charge in [-0.1, -0.05) is 18.2 Å². The van der Waals surface area contributed by atoms with Crippen LogP contribution in [0.15, 0.2) is 61.3 Å². The van der Waals surface area contributed by atoms with E-state index in [0.29, 0.717) is 0 Å². The number of amides is 1. The normalized spacial score (nSPS) is 14.7. The fraction of sp³-hybridized carbons (Fsp3) is 0.261. The van der Waals surface area contributed by atoms with Gasteiger partial charge in [0.15, 0.2) is 0 Å². The van der Waals surface area contributed by atoms with E-state index in [4.69, 9.17) is 0 Å². The number of hydrogen-bond donors (Lipinski definition) is 1. The van der Waals surface area contributed by atoms with Crippen molar-refractivity contribution in [1.82, 2.24) is 24.5 Å². The molecule has 0 aliphatic carbocycles. The molecule has 0 saturated carbocycles. The summed E-state index contributed by atoms with van der Waals surface area (Å²) < 4.78 is 1.93. The van der Waals surface area contributed by atoms with Crippen LogP contribution in [0.4, 0.5) is 11.5 Å². The first-order valence-corrected chi connectivity index (χ1v) is 10.4. The molecule has 4 heterocycles. The number of anilines is 2. The lowest BCUT2D eigenvalue weighted by atomic mass is 9.95. The lowest BCUT2D eigenvalue weighted by Crippen LogP contribution is -2.38. The summed E-state index contributed by atoms with van der Waals surface area (Å²) in [6.07, 6.45) is 8.52. The maximum Gasteiger partial charge on any atom is 0.227 e. The minimum absolute atomic E-state index is 0.0348. The van der Waals surface area contributed by atoms with Crippen molar-refractivity contribution in [2.45, 2.75) is 19.8 Å². The molecule has 0 spiro atoms. The fourth-order valence-corrected chi connectivity index (χ4v) is 4.07. The molecule has 0 bridgehead atoms. The SMILES string of the molecule is Cc1nccn1-c1cc(N2CCC(C(=O)Nc3cccc4cccnc34)CC2)ncn1. The summed E-state index contributed by atoms with van der Waals surface area (Å²) in [6.45, 7) is 3.48. The number of carbonyl (C=O) groups excluding carboxylic acids is 1. The van der Waals surface area contributed by atoms with Gasteiger partial charge in [0.05, 0.1) is 11.2 Å². The minimum Gasteiger partial charge on any atom is -0.356 e. The zero-order valence-electron chi connectivity index (χ0n) is 17.3. The number of carbonyl (C=O) groups is 1. The maximum absolute atomic E-state index is 12.9. The van der Waals surface area contributed by atoms with E-state index in [2.05, 4.69) is 30.2 Å². The van der Waals surface area contributed by atoms with E-state index in [1.54, 1.807) is 18.7 Å². The number of piperidine rings is 1. The van der Waals surface area contributed by atoms with Crippen molar-refractivity contribution in [3.63, 3.8) is 0 Å². The highest BCUT2D eigenvalue weighted by Crippen LogP contribution is 2.26. The summed E-state index contributed by atoms with van der Waals surface area (Å²) in [4.78, 5) is 32.6. The van der Waals surface area contributed by atoms with Gasteiger partial charge in [0.1, 0.15) is 23.8 Å². The molecule has 0 unspecified atom stereocenters. The number of aryl methyl sites for hydroxylation is 1. The topological polar surface area (TPSA) is 88.8 Å². The monoisotopic (exact) mass is 413 g/mol. The molecular formula is C23H23N7O. The summed E-state index contributed by atoms with van der Waals surface area (Å²) in [5, 5.41) is 4.10. The molecule has 1 aromatic carbocycles. The largest absolute Gasteiger partial charge is 0.356 e. The van der Waals surface area contributed by atoms with Crippen molar-refractivity contribution in [3.8, 4) is 5.82 Å². The van der Waals surface area contributed by atoms with Crippen LogP contribution in [0.2, 0.25) is 0 Å². The molecule has 1 N–H and O–H groups in total. The van der Waals surface area contributed by atoms with Crippen molar-refractivity contribution in [2.75, 3.05) is 23.3 Å². The number of aromatic nitrogens is 5. The van der Waals surface area contributed by atoms with Gasteiger partial charge in [-0.25, -0.2) is 15.0 Å². The lowest BCUT2D eigenvalue weighted by molar-refractivity contribution is -0.120. The predicted molar refractivity (Wildman–Crippen MR) is 119 cm³/mol. The Bertz CT molecular complexity index is 1220. The predicted octanol–water partition coefficient (Wildman–Crippen LogP) is 3.37. The van der Waals surface area contributed by atoms with E-state index in [-0.39, 0.29) is 11.8 Å². The van der Waals surface area contributed by atoms with Crippen LogP contribution in [0.3, 0.4) is 0 Å². The summed E-state index contributed by atoms with van der Waals surface area (Å²) in [6, 6.07) is 11.7. The number of para-hydroxylation sites is 1. The van der Waals surface area contributed by atoms with Crippen LogP contribution in [-0.4, -0.2) is 43.5 Å². The average molecular weight is 413 g/mol. The lowest BCUT2D eigenvalue weighted by Gasteiger charge is -2.32. The Balaban J connectivity index is 1.25. The highest BCUT2D eigenvalue weighted by atomic mass is 16.1. The number of fused-ring (bicyclic) bond motifs is 1. The van der Waals surface area contributed by atoms with E-state index in [1.165, 1.54) is 0 Å². The number of nitrogens with zero attached hydrogens (tertiary/aromatic N) is 6. The highest BCUT2D eigenvalue weighted by molar-refractivity contribution is 6.01. The molecule has 1 saturated heterocycles. The minimum atomic E-state index is -0.0348. The van der Waals surface area contributed by atoms with E-state index in [0.717, 1.165) is 60.0 Å². The second kappa shape index (κ2) is 8.14. The molecule has 156 valence electrons. The third-order valence-corrected chi connectivity index (χ3v) is 5.79. The van der Waals surface area contributed by atoms with Gasteiger partial charge in [-0.05, 0) is 31.9 Å². The molecular weight excluding hydrogens is 390 g/mol. The molecule has 0 radical (unpaired) electrons. The Hall–Kier alpha value is -3.81. The van der Waals surface area contributed by atoms with Crippen LogP contribution in [-0.2, 0) is 4.79 Å². The van der Waals surface area contributed by atoms with Gasteiger partial charge in [-0.3, -0.25) is 14.3 Å². The number of rotatable bonds is 4. The zero-order chi connectivity index (χ0) is 21.2. The third-order valence-electron chi connectivity index (χ3n) is 5.79. The van der Waals surface area contributed by atoms with Crippen LogP contribution in [0, 0.1) is 12.8 Å². The number of hydrogen-bond acceptors (Lipinski definition) is 6. The second-order valence-electron chi connectivity index (χ2n) is 7.71. The molecule has 5 rings (SSSR count). The molecule has 4 aromatic rings. The zero-order valence-corrected chi connectivity index (χ0v) is 17.3. The maximum atomic E-state index is 12.9. The van der Waals surface area contributed by atoms with Crippen molar-refractivity contribution < 1.29 is 4.79 Å². The van der Waals surface area contributed by atoms with E-state index in [1.807, 2.05) is 54.1 Å². The fourth-order valence-electron chi connectivity index (χ4n) is 4.07. The Morgan fingerprint density at radius 2 is 1.81 bits per heavy atom. The molecule has 1 amide bonds. The van der Waals surface area contributed by atoms with Crippen LogP contribution >= 0.6 is 0 Å². The van der Waals surface area contributed by atoms with Crippen LogP contribution in [0.1, 0.15) is 18.7 Å². The Morgan fingerprint density at radius 1 is 1.00 bits per heavy atom. The van der Waals surface area contributed by atoms with E-state index >= 15 is 0 Å². The van der Waals surface area contributed by atoms with Crippen LogP contribution in [0.25, 0.3) is 16.7 Å². The molecule has 1 aliphatic heterocycles. The van der Waals surface area contributed by atoms with Crippen LogP contribution < -0.4 is 10.2 Å². The molecule has 8 heteroatoms. The Kier molecular flexibility index (Phi) is 5.03. The molecule has 0 atom stereocenters.